The van der Waals surface area contributed by atoms with E-state index in [1.165, 1.54) is 0 Å². The Bertz CT molecular complexity index is 1220. The lowest BCUT2D eigenvalue weighted by Crippen LogP contribution is -2.49. The maximum Gasteiger partial charge on any atom is 0.272 e. The largest absolute Gasteiger partial charge is 0.352 e. The number of rotatable bonds is 4. The lowest BCUT2D eigenvalue weighted by atomic mass is 10.1. The van der Waals surface area contributed by atoms with Crippen molar-refractivity contribution in [1.82, 2.24) is 34.4 Å². The molecule has 162 valence electrons. The summed E-state index contributed by atoms with van der Waals surface area (Å²) in [6.45, 7) is 4.57. The van der Waals surface area contributed by atoms with Crippen LogP contribution in [0, 0.1) is 6.92 Å². The number of amides is 1. The van der Waals surface area contributed by atoms with Crippen LogP contribution in [0.5, 0.6) is 0 Å². The number of aryl methyl sites for hydroxylation is 2. The molecule has 5 rings (SSSR count). The predicted octanol–water partition coefficient (Wildman–Crippen LogP) is 2.33. The monoisotopic (exact) mass is 428 g/mol. The van der Waals surface area contributed by atoms with Crippen LogP contribution in [0.2, 0.25) is 0 Å². The summed E-state index contributed by atoms with van der Waals surface area (Å²) in [4.78, 5) is 21.4. The topological polar surface area (TPSA) is 85.0 Å². The lowest BCUT2D eigenvalue weighted by molar-refractivity contribution is 0.0735. The fourth-order valence-electron chi connectivity index (χ4n) is 3.95. The van der Waals surface area contributed by atoms with Crippen molar-refractivity contribution in [2.75, 3.05) is 31.1 Å². The fourth-order valence-corrected chi connectivity index (χ4v) is 3.95. The van der Waals surface area contributed by atoms with Crippen molar-refractivity contribution < 1.29 is 4.79 Å². The molecule has 1 fully saturated rings. The summed E-state index contributed by atoms with van der Waals surface area (Å²) < 4.78 is 3.56. The van der Waals surface area contributed by atoms with Gasteiger partial charge in [0.25, 0.3) is 5.91 Å². The molecule has 1 aromatic carbocycles. The number of anilines is 1. The highest BCUT2D eigenvalue weighted by molar-refractivity contribution is 5.94. The van der Waals surface area contributed by atoms with Crippen molar-refractivity contribution in [3.8, 4) is 17.1 Å². The summed E-state index contributed by atoms with van der Waals surface area (Å²) in [6, 6.07) is 15.7. The Morgan fingerprint density at radius 2 is 1.66 bits per heavy atom. The molecular formula is C23H24N8O. The number of piperazine rings is 1. The van der Waals surface area contributed by atoms with Crippen molar-refractivity contribution in [3.63, 3.8) is 0 Å². The average molecular weight is 429 g/mol. The van der Waals surface area contributed by atoms with Crippen LogP contribution in [0.1, 0.15) is 16.3 Å². The zero-order valence-corrected chi connectivity index (χ0v) is 18.1. The van der Waals surface area contributed by atoms with Gasteiger partial charge in [-0.1, -0.05) is 30.3 Å². The van der Waals surface area contributed by atoms with Gasteiger partial charge in [0.15, 0.2) is 11.6 Å². The minimum absolute atomic E-state index is 0.00107. The van der Waals surface area contributed by atoms with E-state index in [4.69, 9.17) is 0 Å². The minimum Gasteiger partial charge on any atom is -0.352 e. The third kappa shape index (κ3) is 3.73. The van der Waals surface area contributed by atoms with Gasteiger partial charge in [-0.25, -0.2) is 4.98 Å². The number of imidazole rings is 1. The quantitative estimate of drug-likeness (QED) is 0.496. The second-order valence-corrected chi connectivity index (χ2v) is 7.78. The SMILES string of the molecule is Cc1nccn1-c1ccc(N2CCN(C(=O)c3cc(-c4ccccc4)nn3C)CC2)nn1. The van der Waals surface area contributed by atoms with E-state index < -0.39 is 0 Å². The van der Waals surface area contributed by atoms with Crippen LogP contribution in [-0.2, 0) is 7.05 Å². The summed E-state index contributed by atoms with van der Waals surface area (Å²) in [6.07, 6.45) is 3.61. The predicted molar refractivity (Wildman–Crippen MR) is 121 cm³/mol. The molecule has 1 aliphatic heterocycles. The molecular weight excluding hydrogens is 404 g/mol. The standard InChI is InChI=1S/C23H24N8O/c1-17-24-10-11-31(17)22-9-8-21(25-26-22)29-12-14-30(15-13-29)23(32)20-16-19(27-28(20)2)18-6-4-3-5-7-18/h3-11,16H,12-15H2,1-2H3. The summed E-state index contributed by atoms with van der Waals surface area (Å²) in [5.74, 6) is 2.41. The van der Waals surface area contributed by atoms with Crippen LogP contribution in [0.25, 0.3) is 17.1 Å². The van der Waals surface area contributed by atoms with Crippen molar-refractivity contribution in [3.05, 3.63) is 72.4 Å². The number of hydrogen-bond acceptors (Lipinski definition) is 6. The molecule has 0 aliphatic carbocycles. The molecule has 1 amide bonds. The maximum absolute atomic E-state index is 13.1. The molecule has 0 N–H and O–H groups in total. The zero-order valence-electron chi connectivity index (χ0n) is 18.1. The van der Waals surface area contributed by atoms with E-state index in [0.29, 0.717) is 31.9 Å². The molecule has 9 nitrogen and oxygen atoms in total. The Morgan fingerprint density at radius 1 is 0.938 bits per heavy atom. The molecule has 1 aliphatic rings. The molecule has 0 atom stereocenters. The molecule has 3 aromatic heterocycles. The molecule has 0 saturated carbocycles. The van der Waals surface area contributed by atoms with E-state index in [1.807, 2.05) is 78.2 Å². The van der Waals surface area contributed by atoms with E-state index >= 15 is 0 Å². The van der Waals surface area contributed by atoms with Crippen molar-refractivity contribution in [1.29, 1.82) is 0 Å². The summed E-state index contributed by atoms with van der Waals surface area (Å²) in [5, 5.41) is 13.3. The molecule has 9 heteroatoms. The number of aromatic nitrogens is 6. The van der Waals surface area contributed by atoms with Gasteiger partial charge >= 0.3 is 0 Å². The Morgan fingerprint density at radius 3 is 2.31 bits per heavy atom. The van der Waals surface area contributed by atoms with E-state index in [9.17, 15) is 4.79 Å². The highest BCUT2D eigenvalue weighted by Gasteiger charge is 2.25. The van der Waals surface area contributed by atoms with Crippen LogP contribution in [0.15, 0.2) is 60.9 Å². The zero-order chi connectivity index (χ0) is 22.1. The highest BCUT2D eigenvalue weighted by atomic mass is 16.2. The first kappa shape index (κ1) is 19.9. The minimum atomic E-state index is -0.00107. The third-order valence-corrected chi connectivity index (χ3v) is 5.77. The van der Waals surface area contributed by atoms with Gasteiger partial charge in [-0.05, 0) is 25.1 Å². The Kier molecular flexibility index (Phi) is 5.14. The second-order valence-electron chi connectivity index (χ2n) is 7.78. The summed E-state index contributed by atoms with van der Waals surface area (Å²) in [7, 11) is 1.81. The van der Waals surface area contributed by atoms with Gasteiger partial charge < -0.3 is 9.80 Å². The normalized spacial score (nSPS) is 14.1. The second kappa shape index (κ2) is 8.26. The Hall–Kier alpha value is -4.01. The Balaban J connectivity index is 1.24. The molecule has 0 spiro atoms. The molecule has 0 unspecified atom stereocenters. The van der Waals surface area contributed by atoms with Gasteiger partial charge in [0, 0.05) is 51.2 Å². The number of carbonyl (C=O) groups excluding carboxylic acids is 1. The van der Waals surface area contributed by atoms with Crippen LogP contribution in [0.3, 0.4) is 0 Å². The van der Waals surface area contributed by atoms with Crippen molar-refractivity contribution >= 4 is 11.7 Å². The first-order valence-electron chi connectivity index (χ1n) is 10.6. The van der Waals surface area contributed by atoms with Crippen molar-refractivity contribution in [2.45, 2.75) is 6.92 Å². The lowest BCUT2D eigenvalue weighted by Gasteiger charge is -2.35. The van der Waals surface area contributed by atoms with E-state index in [2.05, 4.69) is 25.2 Å². The van der Waals surface area contributed by atoms with Crippen LogP contribution in [-0.4, -0.2) is 66.5 Å². The van der Waals surface area contributed by atoms with Crippen molar-refractivity contribution in [2.24, 2.45) is 7.05 Å². The van der Waals surface area contributed by atoms with Crippen LogP contribution >= 0.6 is 0 Å². The molecule has 0 radical (unpaired) electrons. The first-order chi connectivity index (χ1) is 15.6. The number of nitrogens with zero attached hydrogens (tertiary/aromatic N) is 8. The van der Waals surface area contributed by atoms with Crippen LogP contribution in [0.4, 0.5) is 5.82 Å². The summed E-state index contributed by atoms with van der Waals surface area (Å²) in [5.41, 5.74) is 2.40. The van der Waals surface area contributed by atoms with Gasteiger partial charge in [-0.15, -0.1) is 10.2 Å². The molecule has 32 heavy (non-hydrogen) atoms. The van der Waals surface area contributed by atoms with Gasteiger partial charge in [-0.2, -0.15) is 5.10 Å². The smallest absolute Gasteiger partial charge is 0.272 e. The Labute approximate surface area is 185 Å². The number of carbonyl (C=O) groups is 1. The molecule has 4 aromatic rings. The highest BCUT2D eigenvalue weighted by Crippen LogP contribution is 2.21. The molecule has 1 saturated heterocycles. The maximum atomic E-state index is 13.1. The average Bonchev–Trinajstić information content (AvgIpc) is 3.45. The first-order valence-corrected chi connectivity index (χ1v) is 10.6. The van der Waals surface area contributed by atoms with Crippen LogP contribution < -0.4 is 4.90 Å². The van der Waals surface area contributed by atoms with E-state index in [1.54, 1.807) is 10.9 Å². The van der Waals surface area contributed by atoms with Gasteiger partial charge in [0.2, 0.25) is 0 Å². The van der Waals surface area contributed by atoms with Gasteiger partial charge in [0.1, 0.15) is 11.5 Å². The number of benzene rings is 1. The molecule has 4 heterocycles. The molecule has 0 bridgehead atoms. The number of hydrogen-bond donors (Lipinski definition) is 0. The van der Waals surface area contributed by atoms with E-state index in [-0.39, 0.29) is 5.91 Å². The summed E-state index contributed by atoms with van der Waals surface area (Å²) >= 11 is 0. The fraction of sp³-hybridized carbons (Fsp3) is 0.261. The third-order valence-electron chi connectivity index (χ3n) is 5.77. The van der Waals surface area contributed by atoms with Gasteiger partial charge in [0.05, 0.1) is 5.69 Å². The van der Waals surface area contributed by atoms with Gasteiger partial charge in [-0.3, -0.25) is 14.0 Å². The van der Waals surface area contributed by atoms with E-state index in [0.717, 1.165) is 28.7 Å².